The van der Waals surface area contributed by atoms with E-state index in [1.54, 1.807) is 31.2 Å². The first-order chi connectivity index (χ1) is 6.88. The molecule has 0 aliphatic heterocycles. The summed E-state index contributed by atoms with van der Waals surface area (Å²) < 4.78 is 23.6. The lowest BCUT2D eigenvalue weighted by atomic mass is 10.3. The van der Waals surface area contributed by atoms with Crippen LogP contribution >= 0.6 is 0 Å². The lowest BCUT2D eigenvalue weighted by Crippen LogP contribution is -2.25. The van der Waals surface area contributed by atoms with Gasteiger partial charge < -0.3 is 9.47 Å². The van der Waals surface area contributed by atoms with Gasteiger partial charge >= 0.3 is 0 Å². The zero-order valence-corrected chi connectivity index (χ0v) is 9.16. The monoisotopic (exact) mass is 213 g/mol. The van der Waals surface area contributed by atoms with Crippen molar-refractivity contribution >= 4 is 0 Å². The number of benzene rings is 1. The lowest BCUT2D eigenvalue weighted by molar-refractivity contribution is -0.0285. The second-order valence-corrected chi connectivity index (χ2v) is 3.74. The maximum atomic E-state index is 13.3. The minimum atomic E-state index is -1.74. The Kier molecular flexibility index (Phi) is 3.52. The summed E-state index contributed by atoms with van der Waals surface area (Å²) in [6, 6.07) is 6.84. The van der Waals surface area contributed by atoms with Crippen molar-refractivity contribution in [2.24, 2.45) is 5.73 Å². The SMILES string of the molecule is CC(N)Oc1ccccc1OC(C)(C)F. The van der Waals surface area contributed by atoms with Crippen LogP contribution in [-0.4, -0.2) is 12.1 Å². The van der Waals surface area contributed by atoms with Crippen molar-refractivity contribution in [1.29, 1.82) is 0 Å². The third-order valence-corrected chi connectivity index (χ3v) is 1.51. The molecule has 0 heterocycles. The molecule has 4 heteroatoms. The Morgan fingerprint density at radius 2 is 1.80 bits per heavy atom. The van der Waals surface area contributed by atoms with E-state index in [9.17, 15) is 4.39 Å². The summed E-state index contributed by atoms with van der Waals surface area (Å²) in [6.45, 7) is 4.35. The van der Waals surface area contributed by atoms with Gasteiger partial charge in [0.25, 0.3) is 0 Å². The predicted octanol–water partition coefficient (Wildman–Crippen LogP) is 2.45. The fourth-order valence-corrected chi connectivity index (χ4v) is 1.09. The minimum Gasteiger partial charge on any atom is -0.472 e. The predicted molar refractivity (Wildman–Crippen MR) is 56.5 cm³/mol. The molecule has 84 valence electrons. The maximum absolute atomic E-state index is 13.3. The summed E-state index contributed by atoms with van der Waals surface area (Å²) in [4.78, 5) is 0. The van der Waals surface area contributed by atoms with Crippen molar-refractivity contribution in [3.8, 4) is 11.5 Å². The highest BCUT2D eigenvalue weighted by Crippen LogP contribution is 2.30. The van der Waals surface area contributed by atoms with Crippen LogP contribution in [0.4, 0.5) is 4.39 Å². The van der Waals surface area contributed by atoms with Crippen LogP contribution in [0.5, 0.6) is 11.5 Å². The van der Waals surface area contributed by atoms with Crippen LogP contribution in [-0.2, 0) is 0 Å². The second-order valence-electron chi connectivity index (χ2n) is 3.74. The average Bonchev–Trinajstić information content (AvgIpc) is 2.05. The average molecular weight is 213 g/mol. The molecule has 0 radical (unpaired) electrons. The Balaban J connectivity index is 2.86. The maximum Gasteiger partial charge on any atom is 0.243 e. The van der Waals surface area contributed by atoms with Crippen LogP contribution < -0.4 is 15.2 Å². The van der Waals surface area contributed by atoms with Crippen LogP contribution in [0.2, 0.25) is 0 Å². The molecule has 0 aliphatic rings. The van der Waals surface area contributed by atoms with Crippen molar-refractivity contribution in [2.45, 2.75) is 32.9 Å². The molecule has 1 atom stereocenters. The number of nitrogens with two attached hydrogens (primary N) is 1. The minimum absolute atomic E-state index is 0.349. The van der Waals surface area contributed by atoms with Crippen LogP contribution in [0.25, 0.3) is 0 Å². The third-order valence-electron chi connectivity index (χ3n) is 1.51. The van der Waals surface area contributed by atoms with Crippen molar-refractivity contribution in [2.75, 3.05) is 0 Å². The van der Waals surface area contributed by atoms with Crippen molar-refractivity contribution < 1.29 is 13.9 Å². The number of hydrogen-bond acceptors (Lipinski definition) is 3. The lowest BCUT2D eigenvalue weighted by Gasteiger charge is -2.20. The zero-order chi connectivity index (χ0) is 11.5. The normalized spacial score (nSPS) is 13.4. The molecule has 1 aromatic carbocycles. The van der Waals surface area contributed by atoms with Crippen LogP contribution in [0.3, 0.4) is 0 Å². The molecule has 0 fully saturated rings. The van der Waals surface area contributed by atoms with Gasteiger partial charge in [-0.15, -0.1) is 0 Å². The summed E-state index contributed by atoms with van der Waals surface area (Å²) in [5, 5.41) is 0. The number of alkyl halides is 1. The molecular weight excluding hydrogens is 197 g/mol. The Hall–Kier alpha value is -1.29. The molecule has 0 spiro atoms. The molecule has 0 amide bonds. The van der Waals surface area contributed by atoms with Gasteiger partial charge in [0, 0.05) is 13.8 Å². The van der Waals surface area contributed by atoms with Crippen molar-refractivity contribution in [1.82, 2.24) is 0 Å². The number of halogens is 1. The van der Waals surface area contributed by atoms with Crippen molar-refractivity contribution in [3.05, 3.63) is 24.3 Å². The Morgan fingerprint density at radius 3 is 2.27 bits per heavy atom. The first kappa shape index (κ1) is 11.8. The van der Waals surface area contributed by atoms with E-state index in [0.29, 0.717) is 11.5 Å². The van der Waals surface area contributed by atoms with Gasteiger partial charge in [0.05, 0.1) is 0 Å². The van der Waals surface area contributed by atoms with Gasteiger partial charge in [-0.1, -0.05) is 12.1 Å². The summed E-state index contributed by atoms with van der Waals surface area (Å²) >= 11 is 0. The molecule has 1 unspecified atom stereocenters. The summed E-state index contributed by atoms with van der Waals surface area (Å²) in [6.07, 6.45) is -0.461. The van der Waals surface area contributed by atoms with Gasteiger partial charge in [-0.05, 0) is 19.1 Å². The Bertz CT molecular complexity index is 321. The van der Waals surface area contributed by atoms with E-state index < -0.39 is 12.1 Å². The van der Waals surface area contributed by atoms with Gasteiger partial charge in [0.15, 0.2) is 11.5 Å². The fourth-order valence-electron chi connectivity index (χ4n) is 1.09. The highest BCUT2D eigenvalue weighted by atomic mass is 19.2. The highest BCUT2D eigenvalue weighted by Gasteiger charge is 2.19. The van der Waals surface area contributed by atoms with Gasteiger partial charge in [0.2, 0.25) is 5.85 Å². The van der Waals surface area contributed by atoms with Crippen LogP contribution in [0.15, 0.2) is 24.3 Å². The molecule has 15 heavy (non-hydrogen) atoms. The van der Waals surface area contributed by atoms with Gasteiger partial charge in [0.1, 0.15) is 6.23 Å². The molecular formula is C11H16FNO2. The van der Waals surface area contributed by atoms with Gasteiger partial charge in [-0.25, -0.2) is 0 Å². The molecule has 2 N–H and O–H groups in total. The number of hydrogen-bond donors (Lipinski definition) is 1. The van der Waals surface area contributed by atoms with E-state index in [1.165, 1.54) is 13.8 Å². The highest BCUT2D eigenvalue weighted by molar-refractivity contribution is 5.39. The molecule has 0 saturated heterocycles. The fraction of sp³-hybridized carbons (Fsp3) is 0.455. The summed E-state index contributed by atoms with van der Waals surface area (Å²) in [5.74, 6) is -0.947. The van der Waals surface area contributed by atoms with E-state index in [-0.39, 0.29) is 0 Å². The van der Waals surface area contributed by atoms with E-state index in [4.69, 9.17) is 15.2 Å². The molecule has 1 aromatic rings. The van der Waals surface area contributed by atoms with Gasteiger partial charge in [-0.2, -0.15) is 4.39 Å². The quantitative estimate of drug-likeness (QED) is 0.781. The van der Waals surface area contributed by atoms with E-state index in [1.807, 2.05) is 0 Å². The molecule has 3 nitrogen and oxygen atoms in total. The van der Waals surface area contributed by atoms with Crippen LogP contribution in [0.1, 0.15) is 20.8 Å². The Labute approximate surface area is 89.0 Å². The molecule has 1 rings (SSSR count). The Morgan fingerprint density at radius 1 is 1.27 bits per heavy atom. The molecule has 0 bridgehead atoms. The van der Waals surface area contributed by atoms with Crippen molar-refractivity contribution in [3.63, 3.8) is 0 Å². The first-order valence-corrected chi connectivity index (χ1v) is 4.78. The van der Waals surface area contributed by atoms with E-state index in [0.717, 1.165) is 0 Å². The summed E-state index contributed by atoms with van der Waals surface area (Å²) in [5.41, 5.74) is 5.49. The van der Waals surface area contributed by atoms with E-state index in [2.05, 4.69) is 0 Å². The molecule has 0 aromatic heterocycles. The second kappa shape index (κ2) is 4.49. The van der Waals surface area contributed by atoms with Gasteiger partial charge in [-0.3, -0.25) is 5.73 Å². The smallest absolute Gasteiger partial charge is 0.243 e. The molecule has 0 aliphatic carbocycles. The summed E-state index contributed by atoms with van der Waals surface area (Å²) in [7, 11) is 0. The van der Waals surface area contributed by atoms with Crippen LogP contribution in [0, 0.1) is 0 Å². The zero-order valence-electron chi connectivity index (χ0n) is 9.16. The van der Waals surface area contributed by atoms with E-state index >= 15 is 0 Å². The number of ether oxygens (including phenoxy) is 2. The number of rotatable bonds is 4. The standard InChI is InChI=1S/C11H16FNO2/c1-8(13)14-9-6-4-5-7-10(9)15-11(2,3)12/h4-8H,13H2,1-3H3. The number of para-hydroxylation sites is 2. The third kappa shape index (κ3) is 4.16. The topological polar surface area (TPSA) is 44.5 Å². The molecule has 0 saturated carbocycles. The largest absolute Gasteiger partial charge is 0.472 e. The first-order valence-electron chi connectivity index (χ1n) is 4.78.